The summed E-state index contributed by atoms with van der Waals surface area (Å²) in [5.41, 5.74) is 6.13. The number of nitrogens with zero attached hydrogens (tertiary/aromatic N) is 8. The van der Waals surface area contributed by atoms with Crippen molar-refractivity contribution in [2.75, 3.05) is 26.2 Å². The Labute approximate surface area is 350 Å². The predicted molar refractivity (Wildman–Crippen MR) is 232 cm³/mol. The van der Waals surface area contributed by atoms with E-state index >= 15 is 0 Å². The standard InChI is InChI=1S/2C21H25FN4OS.2CH4/c2*1-12-9-17(10-13(2)23-12)27-16-5-7-26(8-6-16)14(3)20-18(22)11-19-21(25-20)24-15(4)28-19;;/h2*9-11,14,16H,5-8H2,1-4H3;2*1H4/t2*14-;;/m10../s1. The Bertz CT molecular complexity index is 2120. The van der Waals surface area contributed by atoms with Gasteiger partial charge in [0.15, 0.2) is 11.3 Å². The number of fused-ring (bicyclic) bond motifs is 2. The Morgan fingerprint density at radius 2 is 0.862 bits per heavy atom. The number of aromatic nitrogens is 6. The highest BCUT2D eigenvalue weighted by molar-refractivity contribution is 7.18. The van der Waals surface area contributed by atoms with Gasteiger partial charge in [-0.1, -0.05) is 14.9 Å². The van der Waals surface area contributed by atoms with Gasteiger partial charge in [-0.05, 0) is 93.2 Å². The molecule has 0 unspecified atom stereocenters. The van der Waals surface area contributed by atoms with E-state index in [1.807, 2.05) is 79.7 Å². The SMILES string of the molecule is C.C.Cc1cc(OC2CCN([C@@H](C)c3nc4nc(C)sc4cc3F)CC2)cc(C)n1.Cc1cc(OC2CCN([C@H](C)c3nc4nc(C)sc4cc3F)CC2)cc(C)n1. The average molecular weight is 833 g/mol. The van der Waals surface area contributed by atoms with Crippen LogP contribution in [0.5, 0.6) is 11.5 Å². The molecule has 8 rings (SSSR count). The van der Waals surface area contributed by atoms with Crippen LogP contribution in [0.4, 0.5) is 8.78 Å². The number of piperidine rings is 2. The lowest BCUT2D eigenvalue weighted by Crippen LogP contribution is -2.40. The third kappa shape index (κ3) is 10.7. The second-order valence-corrected chi connectivity index (χ2v) is 17.5. The number of hydrogen-bond donors (Lipinski definition) is 0. The molecular formula is C44H58F2N8O2S2. The van der Waals surface area contributed by atoms with Crippen LogP contribution in [0.15, 0.2) is 36.4 Å². The number of ether oxygens (including phenoxy) is 2. The van der Waals surface area contributed by atoms with Crippen LogP contribution in [-0.2, 0) is 0 Å². The summed E-state index contributed by atoms with van der Waals surface area (Å²) in [6, 6.07) is 10.9. The Hall–Kier alpha value is -4.24. The molecule has 8 heterocycles. The second-order valence-electron chi connectivity index (χ2n) is 15.0. The number of halogens is 2. The first-order valence-electron chi connectivity index (χ1n) is 19.4. The lowest BCUT2D eigenvalue weighted by atomic mass is 10.0. The van der Waals surface area contributed by atoms with Gasteiger partial charge in [0.1, 0.15) is 35.3 Å². The van der Waals surface area contributed by atoms with E-state index in [1.54, 1.807) is 12.1 Å². The van der Waals surface area contributed by atoms with E-state index in [2.05, 4.69) is 39.7 Å². The lowest BCUT2D eigenvalue weighted by Gasteiger charge is -2.35. The van der Waals surface area contributed by atoms with E-state index in [9.17, 15) is 8.78 Å². The number of hydrogen-bond acceptors (Lipinski definition) is 12. The fraction of sp³-hybridized carbons (Fsp3) is 0.500. The number of likely N-dealkylation sites (tertiary alicyclic amines) is 2. The summed E-state index contributed by atoms with van der Waals surface area (Å²) in [6.07, 6.45) is 3.97. The van der Waals surface area contributed by atoms with Crippen LogP contribution in [0.1, 0.15) is 111 Å². The summed E-state index contributed by atoms with van der Waals surface area (Å²) in [5, 5.41) is 1.82. The van der Waals surface area contributed by atoms with E-state index in [0.717, 1.165) is 106 Å². The predicted octanol–water partition coefficient (Wildman–Crippen LogP) is 10.8. The van der Waals surface area contributed by atoms with Crippen molar-refractivity contribution in [3.63, 3.8) is 0 Å². The van der Waals surface area contributed by atoms with Gasteiger partial charge in [0.05, 0.1) is 42.9 Å². The average Bonchev–Trinajstić information content (AvgIpc) is 3.69. The van der Waals surface area contributed by atoms with Gasteiger partial charge in [-0.3, -0.25) is 19.8 Å². The first kappa shape index (κ1) is 44.9. The summed E-state index contributed by atoms with van der Waals surface area (Å²) >= 11 is 2.95. The molecule has 6 aromatic heterocycles. The van der Waals surface area contributed by atoms with Gasteiger partial charge >= 0.3 is 0 Å². The van der Waals surface area contributed by atoms with Crippen molar-refractivity contribution in [3.8, 4) is 11.5 Å². The van der Waals surface area contributed by atoms with Gasteiger partial charge in [0.25, 0.3) is 0 Å². The fourth-order valence-electron chi connectivity index (χ4n) is 7.73. The minimum atomic E-state index is -0.246. The number of rotatable bonds is 8. The molecule has 0 aromatic carbocycles. The zero-order valence-corrected chi connectivity index (χ0v) is 35.0. The Morgan fingerprint density at radius 1 is 0.534 bits per heavy atom. The molecule has 0 spiro atoms. The highest BCUT2D eigenvalue weighted by Gasteiger charge is 2.29. The van der Waals surface area contributed by atoms with Crippen LogP contribution in [0.25, 0.3) is 20.7 Å². The minimum absolute atomic E-state index is 0. The molecule has 2 aliphatic rings. The molecule has 10 nitrogen and oxygen atoms in total. The highest BCUT2D eigenvalue weighted by atomic mass is 32.1. The molecule has 14 heteroatoms. The number of pyridine rings is 4. The van der Waals surface area contributed by atoms with Crippen molar-refractivity contribution in [2.45, 2.75) is 120 Å². The number of thiazole rings is 2. The third-order valence-electron chi connectivity index (χ3n) is 10.5. The molecule has 6 aromatic rings. The lowest BCUT2D eigenvalue weighted by molar-refractivity contribution is 0.0774. The van der Waals surface area contributed by atoms with Crippen molar-refractivity contribution < 1.29 is 18.3 Å². The summed E-state index contributed by atoms with van der Waals surface area (Å²) in [6.45, 7) is 19.2. The molecule has 0 aliphatic carbocycles. The highest BCUT2D eigenvalue weighted by Crippen LogP contribution is 2.32. The molecule has 2 saturated heterocycles. The van der Waals surface area contributed by atoms with Gasteiger partial charge < -0.3 is 9.47 Å². The van der Waals surface area contributed by atoms with E-state index in [0.29, 0.717) is 22.7 Å². The topological polar surface area (TPSA) is 102 Å². The van der Waals surface area contributed by atoms with Gasteiger partial charge in [-0.15, -0.1) is 22.7 Å². The monoisotopic (exact) mass is 832 g/mol. The maximum atomic E-state index is 14.6. The first-order valence-corrected chi connectivity index (χ1v) is 21.0. The Kier molecular flexibility index (Phi) is 14.9. The van der Waals surface area contributed by atoms with Crippen LogP contribution >= 0.6 is 22.7 Å². The molecule has 0 bridgehead atoms. The smallest absolute Gasteiger partial charge is 0.171 e. The molecule has 2 aliphatic heterocycles. The van der Waals surface area contributed by atoms with E-state index in [4.69, 9.17) is 9.47 Å². The molecule has 0 saturated carbocycles. The zero-order valence-electron chi connectivity index (χ0n) is 33.4. The normalized spacial score (nSPS) is 16.6. The van der Waals surface area contributed by atoms with Crippen LogP contribution in [-0.4, -0.2) is 78.1 Å². The largest absolute Gasteiger partial charge is 0.490 e. The molecule has 0 N–H and O–H groups in total. The van der Waals surface area contributed by atoms with Crippen molar-refractivity contribution in [1.82, 2.24) is 39.7 Å². The molecule has 0 amide bonds. The second kappa shape index (κ2) is 19.2. The van der Waals surface area contributed by atoms with Gasteiger partial charge in [-0.2, -0.15) is 0 Å². The number of aryl methyl sites for hydroxylation is 6. The minimum Gasteiger partial charge on any atom is -0.490 e. The van der Waals surface area contributed by atoms with Crippen molar-refractivity contribution in [1.29, 1.82) is 0 Å². The van der Waals surface area contributed by atoms with Crippen LogP contribution in [0, 0.1) is 53.2 Å². The van der Waals surface area contributed by atoms with Crippen LogP contribution in [0.3, 0.4) is 0 Å². The van der Waals surface area contributed by atoms with E-state index in [-0.39, 0.29) is 50.8 Å². The van der Waals surface area contributed by atoms with Gasteiger partial charge in [0.2, 0.25) is 0 Å². The molecular weight excluding hydrogens is 775 g/mol. The molecule has 312 valence electrons. The van der Waals surface area contributed by atoms with E-state index in [1.165, 1.54) is 22.7 Å². The van der Waals surface area contributed by atoms with Crippen molar-refractivity contribution in [2.24, 2.45) is 0 Å². The van der Waals surface area contributed by atoms with Crippen LogP contribution in [0.2, 0.25) is 0 Å². The summed E-state index contributed by atoms with van der Waals surface area (Å²) in [5.74, 6) is 1.27. The molecule has 2 fully saturated rings. The first-order chi connectivity index (χ1) is 26.8. The maximum Gasteiger partial charge on any atom is 0.171 e. The summed E-state index contributed by atoms with van der Waals surface area (Å²) in [7, 11) is 0. The van der Waals surface area contributed by atoms with Gasteiger partial charge in [-0.25, -0.2) is 28.7 Å². The zero-order chi connectivity index (χ0) is 39.7. The van der Waals surface area contributed by atoms with Crippen molar-refractivity contribution in [3.05, 3.63) is 92.2 Å². The maximum absolute atomic E-state index is 14.6. The Morgan fingerprint density at radius 3 is 1.19 bits per heavy atom. The quantitative estimate of drug-likeness (QED) is 0.147. The van der Waals surface area contributed by atoms with Crippen LogP contribution < -0.4 is 9.47 Å². The van der Waals surface area contributed by atoms with Crippen molar-refractivity contribution >= 4 is 43.4 Å². The summed E-state index contributed by atoms with van der Waals surface area (Å²) in [4.78, 5) is 31.2. The van der Waals surface area contributed by atoms with E-state index < -0.39 is 0 Å². The summed E-state index contributed by atoms with van der Waals surface area (Å²) < 4.78 is 43.2. The molecule has 58 heavy (non-hydrogen) atoms. The fourth-order valence-corrected chi connectivity index (χ4v) is 9.32. The van der Waals surface area contributed by atoms with Gasteiger partial charge in [0, 0.05) is 73.2 Å². The Balaban J connectivity index is 0.000000214. The molecule has 0 radical (unpaired) electrons. The third-order valence-corrected chi connectivity index (χ3v) is 12.3. The molecule has 2 atom stereocenters.